The molecule has 1 amide bonds. The van der Waals surface area contributed by atoms with E-state index in [1.807, 2.05) is 6.92 Å². The van der Waals surface area contributed by atoms with Crippen molar-refractivity contribution >= 4 is 5.91 Å². The van der Waals surface area contributed by atoms with Gasteiger partial charge < -0.3 is 15.8 Å². The number of halogens is 1. The summed E-state index contributed by atoms with van der Waals surface area (Å²) >= 11 is 0. The third-order valence-electron chi connectivity index (χ3n) is 3.21. The monoisotopic (exact) mass is 296 g/mol. The molecule has 0 heterocycles. The van der Waals surface area contributed by atoms with Crippen molar-refractivity contribution in [2.75, 3.05) is 6.54 Å². The van der Waals surface area contributed by atoms with Crippen LogP contribution in [0.4, 0.5) is 4.39 Å². The lowest BCUT2D eigenvalue weighted by Crippen LogP contribution is -2.55. The number of benzene rings is 1. The number of rotatable bonds is 7. The molecule has 0 spiro atoms. The predicted molar refractivity (Wildman–Crippen MR) is 81.5 cm³/mol. The summed E-state index contributed by atoms with van der Waals surface area (Å²) in [6.07, 6.45) is 0.0619. The van der Waals surface area contributed by atoms with Gasteiger partial charge in [-0.05, 0) is 38.3 Å². The van der Waals surface area contributed by atoms with Gasteiger partial charge in [0.15, 0.2) is 6.10 Å². The molecule has 0 saturated heterocycles. The number of hydrogen-bond acceptors (Lipinski definition) is 3. The summed E-state index contributed by atoms with van der Waals surface area (Å²) < 4.78 is 18.6. The van der Waals surface area contributed by atoms with Gasteiger partial charge in [-0.1, -0.05) is 19.9 Å². The molecule has 0 aliphatic rings. The van der Waals surface area contributed by atoms with Crippen molar-refractivity contribution in [3.8, 4) is 5.75 Å². The zero-order valence-corrected chi connectivity index (χ0v) is 13.2. The van der Waals surface area contributed by atoms with Crippen molar-refractivity contribution in [3.63, 3.8) is 0 Å². The van der Waals surface area contributed by atoms with Crippen LogP contribution in [0.5, 0.6) is 5.75 Å². The lowest BCUT2D eigenvalue weighted by Gasteiger charge is -2.32. The molecule has 0 bridgehead atoms. The lowest BCUT2D eigenvalue weighted by molar-refractivity contribution is -0.129. The first kappa shape index (κ1) is 17.4. The summed E-state index contributed by atoms with van der Waals surface area (Å²) in [4.78, 5) is 12.2. The molecule has 0 aliphatic heterocycles. The van der Waals surface area contributed by atoms with Crippen LogP contribution in [0.1, 0.15) is 34.1 Å². The van der Waals surface area contributed by atoms with Gasteiger partial charge in [0.2, 0.25) is 0 Å². The first-order chi connectivity index (χ1) is 9.75. The van der Waals surface area contributed by atoms with E-state index in [0.717, 1.165) is 6.42 Å². The number of carbonyl (C=O) groups excluding carboxylic acids is 1. The fourth-order valence-corrected chi connectivity index (χ4v) is 2.28. The SMILES string of the molecule is CC(C)CC(C)(CN)NC(=O)C(C)Oc1cccc(F)c1. The van der Waals surface area contributed by atoms with E-state index in [0.29, 0.717) is 18.2 Å². The molecule has 21 heavy (non-hydrogen) atoms. The molecule has 0 aromatic heterocycles. The highest BCUT2D eigenvalue weighted by molar-refractivity contribution is 5.81. The first-order valence-corrected chi connectivity index (χ1v) is 7.20. The normalized spacial score (nSPS) is 15.4. The number of amides is 1. The zero-order chi connectivity index (χ0) is 16.0. The molecule has 0 saturated carbocycles. The number of hydrogen-bond donors (Lipinski definition) is 2. The highest BCUT2D eigenvalue weighted by Gasteiger charge is 2.28. The zero-order valence-electron chi connectivity index (χ0n) is 13.2. The van der Waals surface area contributed by atoms with Crippen molar-refractivity contribution in [1.29, 1.82) is 0 Å². The molecule has 3 N–H and O–H groups in total. The van der Waals surface area contributed by atoms with Gasteiger partial charge in [-0.3, -0.25) is 4.79 Å². The van der Waals surface area contributed by atoms with Crippen molar-refractivity contribution < 1.29 is 13.9 Å². The molecular weight excluding hydrogens is 271 g/mol. The second kappa shape index (κ2) is 7.41. The van der Waals surface area contributed by atoms with E-state index in [1.165, 1.54) is 18.2 Å². The van der Waals surface area contributed by atoms with Crippen molar-refractivity contribution in [2.24, 2.45) is 11.7 Å². The van der Waals surface area contributed by atoms with Crippen LogP contribution in [0, 0.1) is 11.7 Å². The van der Waals surface area contributed by atoms with E-state index < -0.39 is 17.5 Å². The Labute approximate surface area is 125 Å². The maximum absolute atomic E-state index is 13.1. The number of carbonyl (C=O) groups is 1. The molecule has 0 aliphatic carbocycles. The predicted octanol–water partition coefficient (Wildman–Crippen LogP) is 2.47. The van der Waals surface area contributed by atoms with Crippen molar-refractivity contribution in [3.05, 3.63) is 30.1 Å². The smallest absolute Gasteiger partial charge is 0.261 e. The molecule has 118 valence electrons. The van der Waals surface area contributed by atoms with Gasteiger partial charge in [-0.25, -0.2) is 4.39 Å². The maximum atomic E-state index is 13.1. The van der Waals surface area contributed by atoms with E-state index >= 15 is 0 Å². The molecule has 1 aromatic carbocycles. The summed E-state index contributed by atoms with van der Waals surface area (Å²) in [5.41, 5.74) is 5.30. The molecule has 1 aromatic rings. The fourth-order valence-electron chi connectivity index (χ4n) is 2.28. The summed E-state index contributed by atoms with van der Waals surface area (Å²) in [5, 5.41) is 2.93. The van der Waals surface area contributed by atoms with Crippen molar-refractivity contribution in [2.45, 2.75) is 45.8 Å². The average Bonchev–Trinajstić information content (AvgIpc) is 2.37. The Morgan fingerprint density at radius 2 is 2.10 bits per heavy atom. The molecule has 0 fully saturated rings. The number of nitrogens with one attached hydrogen (secondary N) is 1. The van der Waals surface area contributed by atoms with Crippen LogP contribution >= 0.6 is 0 Å². The van der Waals surface area contributed by atoms with Gasteiger partial charge in [0.25, 0.3) is 5.91 Å². The Bertz CT molecular complexity index is 479. The summed E-state index contributed by atoms with van der Waals surface area (Å²) in [7, 11) is 0. The van der Waals surface area contributed by atoms with Crippen LogP contribution in [0.3, 0.4) is 0 Å². The van der Waals surface area contributed by atoms with E-state index in [9.17, 15) is 9.18 Å². The standard InChI is InChI=1S/C16H25FN2O2/c1-11(2)9-16(4,10-18)19-15(20)12(3)21-14-7-5-6-13(17)8-14/h5-8,11-12H,9-10,18H2,1-4H3,(H,19,20). The van der Waals surface area contributed by atoms with Crippen molar-refractivity contribution in [1.82, 2.24) is 5.32 Å². The van der Waals surface area contributed by atoms with Gasteiger partial charge in [0, 0.05) is 18.2 Å². The average molecular weight is 296 g/mol. The molecule has 2 unspecified atom stereocenters. The minimum atomic E-state index is -0.718. The summed E-state index contributed by atoms with van der Waals surface area (Å²) in [6.45, 7) is 8.05. The highest BCUT2D eigenvalue weighted by atomic mass is 19.1. The number of ether oxygens (including phenoxy) is 1. The molecule has 1 rings (SSSR count). The second-order valence-corrected chi connectivity index (χ2v) is 6.07. The third-order valence-corrected chi connectivity index (χ3v) is 3.21. The minimum Gasteiger partial charge on any atom is -0.481 e. The molecule has 4 nitrogen and oxygen atoms in total. The molecule has 0 radical (unpaired) electrons. The molecule has 2 atom stereocenters. The van der Waals surface area contributed by atoms with Gasteiger partial charge in [0.05, 0.1) is 0 Å². The van der Waals surface area contributed by atoms with E-state index in [4.69, 9.17) is 10.5 Å². The Kier molecular flexibility index (Phi) is 6.15. The van der Waals surface area contributed by atoms with Crippen LogP contribution in [0.25, 0.3) is 0 Å². The second-order valence-electron chi connectivity index (χ2n) is 6.07. The first-order valence-electron chi connectivity index (χ1n) is 7.20. The molecular formula is C16H25FN2O2. The van der Waals surface area contributed by atoms with Crippen LogP contribution in [0.15, 0.2) is 24.3 Å². The highest BCUT2D eigenvalue weighted by Crippen LogP contribution is 2.17. The van der Waals surface area contributed by atoms with Crippen LogP contribution < -0.4 is 15.8 Å². The van der Waals surface area contributed by atoms with E-state index in [1.54, 1.807) is 13.0 Å². The quantitative estimate of drug-likeness (QED) is 0.812. The Hall–Kier alpha value is -1.62. The van der Waals surface area contributed by atoms with E-state index in [-0.39, 0.29) is 5.91 Å². The molecule has 5 heteroatoms. The topological polar surface area (TPSA) is 64.3 Å². The Morgan fingerprint density at radius 3 is 2.62 bits per heavy atom. The van der Waals surface area contributed by atoms with Crippen LogP contribution in [-0.2, 0) is 4.79 Å². The Balaban J connectivity index is 2.65. The van der Waals surface area contributed by atoms with Gasteiger partial charge in [0.1, 0.15) is 11.6 Å². The van der Waals surface area contributed by atoms with E-state index in [2.05, 4.69) is 19.2 Å². The van der Waals surface area contributed by atoms with Gasteiger partial charge >= 0.3 is 0 Å². The maximum Gasteiger partial charge on any atom is 0.261 e. The largest absolute Gasteiger partial charge is 0.481 e. The summed E-state index contributed by atoms with van der Waals surface area (Å²) in [6, 6.07) is 5.73. The summed E-state index contributed by atoms with van der Waals surface area (Å²) in [5.74, 6) is 0.0915. The van der Waals surface area contributed by atoms with Crippen LogP contribution in [0.2, 0.25) is 0 Å². The fraction of sp³-hybridized carbons (Fsp3) is 0.562. The number of nitrogens with two attached hydrogens (primary N) is 1. The lowest BCUT2D eigenvalue weighted by atomic mass is 9.90. The van der Waals surface area contributed by atoms with Gasteiger partial charge in [-0.15, -0.1) is 0 Å². The minimum absolute atomic E-state index is 0.257. The van der Waals surface area contributed by atoms with Crippen LogP contribution in [-0.4, -0.2) is 24.1 Å². The third kappa shape index (κ3) is 5.71. The van der Waals surface area contributed by atoms with Gasteiger partial charge in [-0.2, -0.15) is 0 Å². The Morgan fingerprint density at radius 1 is 1.43 bits per heavy atom.